The highest BCUT2D eigenvalue weighted by molar-refractivity contribution is 5.41. The Kier molecular flexibility index (Phi) is 3.06. The number of nitrogens with zero attached hydrogens (tertiary/aromatic N) is 2. The lowest BCUT2D eigenvalue weighted by Gasteiger charge is -2.08. The van der Waals surface area contributed by atoms with Gasteiger partial charge in [0.1, 0.15) is 0 Å². The molecule has 0 saturated heterocycles. The molecule has 3 heteroatoms. The summed E-state index contributed by atoms with van der Waals surface area (Å²) in [5.41, 5.74) is 4.50. The van der Waals surface area contributed by atoms with Gasteiger partial charge >= 0.3 is 0 Å². The summed E-state index contributed by atoms with van der Waals surface area (Å²) >= 11 is 0. The molecule has 0 amide bonds. The minimum absolute atomic E-state index is 0.167. The second kappa shape index (κ2) is 4.49. The number of hydrogen-bond donors (Lipinski definition) is 1. The first kappa shape index (κ1) is 10.9. The molecule has 0 saturated carbocycles. The Labute approximate surface area is 95.3 Å². The second-order valence-electron chi connectivity index (χ2n) is 3.93. The van der Waals surface area contributed by atoms with Crippen molar-refractivity contribution in [2.24, 2.45) is 0 Å². The molecule has 0 spiro atoms. The first-order valence-corrected chi connectivity index (χ1v) is 5.44. The third-order valence-corrected chi connectivity index (χ3v) is 2.84. The van der Waals surface area contributed by atoms with Gasteiger partial charge in [-0.1, -0.05) is 18.2 Å². The van der Waals surface area contributed by atoms with Gasteiger partial charge in [-0.05, 0) is 37.5 Å². The molecule has 1 heterocycles. The number of rotatable bonds is 3. The van der Waals surface area contributed by atoms with E-state index in [2.05, 4.69) is 24.2 Å². The van der Waals surface area contributed by atoms with Crippen LogP contribution in [0.4, 0.5) is 0 Å². The molecule has 2 aromatic rings. The molecular weight excluding hydrogens is 200 g/mol. The Morgan fingerprint density at radius 3 is 2.69 bits per heavy atom. The molecule has 0 aliphatic carbocycles. The van der Waals surface area contributed by atoms with Crippen molar-refractivity contribution in [3.63, 3.8) is 0 Å². The van der Waals surface area contributed by atoms with E-state index in [1.807, 2.05) is 29.9 Å². The van der Waals surface area contributed by atoms with Crippen LogP contribution in [-0.4, -0.2) is 21.5 Å². The molecule has 1 aromatic heterocycles. The quantitative estimate of drug-likeness (QED) is 0.852. The molecule has 0 aliphatic rings. The van der Waals surface area contributed by atoms with Crippen LogP contribution >= 0.6 is 0 Å². The fraction of sp³-hybridized carbons (Fsp3) is 0.308. The van der Waals surface area contributed by atoms with Crippen LogP contribution in [0.5, 0.6) is 0 Å². The largest absolute Gasteiger partial charge is 0.396 e. The van der Waals surface area contributed by atoms with E-state index in [1.165, 1.54) is 5.56 Å². The van der Waals surface area contributed by atoms with Gasteiger partial charge in [0.15, 0.2) is 0 Å². The molecule has 0 unspecified atom stereocenters. The van der Waals surface area contributed by atoms with Crippen LogP contribution in [0.15, 0.2) is 30.5 Å². The smallest absolute Gasteiger partial charge is 0.0677 e. The van der Waals surface area contributed by atoms with E-state index in [-0.39, 0.29) is 6.61 Å². The summed E-state index contributed by atoms with van der Waals surface area (Å²) in [5, 5.41) is 13.3. The van der Waals surface area contributed by atoms with E-state index in [0.29, 0.717) is 6.42 Å². The Morgan fingerprint density at radius 1 is 1.25 bits per heavy atom. The predicted molar refractivity (Wildman–Crippen MR) is 63.8 cm³/mol. The van der Waals surface area contributed by atoms with Gasteiger partial charge in [0.25, 0.3) is 0 Å². The molecule has 2 rings (SSSR count). The van der Waals surface area contributed by atoms with Crippen molar-refractivity contribution in [1.29, 1.82) is 0 Å². The topological polar surface area (TPSA) is 38.0 Å². The van der Waals surface area contributed by atoms with Gasteiger partial charge in [0.05, 0.1) is 11.9 Å². The third kappa shape index (κ3) is 1.86. The standard InChI is InChI=1S/C13H16N2O/c1-10-5-3-4-6-13(10)15-11(2)12(7-8-16)9-14-15/h3-6,9,16H,7-8H2,1-2H3. The molecule has 16 heavy (non-hydrogen) atoms. The van der Waals surface area contributed by atoms with Gasteiger partial charge in [-0.3, -0.25) is 0 Å². The number of aryl methyl sites for hydroxylation is 1. The maximum atomic E-state index is 8.94. The van der Waals surface area contributed by atoms with Crippen LogP contribution in [0.25, 0.3) is 5.69 Å². The van der Waals surface area contributed by atoms with Gasteiger partial charge in [-0.25, -0.2) is 4.68 Å². The Morgan fingerprint density at radius 2 is 2.00 bits per heavy atom. The van der Waals surface area contributed by atoms with Crippen LogP contribution in [0.3, 0.4) is 0 Å². The average molecular weight is 216 g/mol. The summed E-state index contributed by atoms with van der Waals surface area (Å²) in [6.45, 7) is 4.27. The highest BCUT2D eigenvalue weighted by atomic mass is 16.2. The zero-order valence-electron chi connectivity index (χ0n) is 9.64. The lowest BCUT2D eigenvalue weighted by Crippen LogP contribution is -2.02. The summed E-state index contributed by atoms with van der Waals surface area (Å²) in [4.78, 5) is 0. The Hall–Kier alpha value is -1.61. The van der Waals surface area contributed by atoms with Crippen LogP contribution in [0.2, 0.25) is 0 Å². The normalized spacial score (nSPS) is 10.7. The minimum Gasteiger partial charge on any atom is -0.396 e. The fourth-order valence-electron chi connectivity index (χ4n) is 1.85. The maximum absolute atomic E-state index is 8.94. The number of benzene rings is 1. The minimum atomic E-state index is 0.167. The Bertz CT molecular complexity index is 488. The molecular formula is C13H16N2O. The van der Waals surface area contributed by atoms with Crippen molar-refractivity contribution in [3.8, 4) is 5.69 Å². The van der Waals surface area contributed by atoms with Crippen molar-refractivity contribution in [2.45, 2.75) is 20.3 Å². The van der Waals surface area contributed by atoms with E-state index < -0.39 is 0 Å². The van der Waals surface area contributed by atoms with Crippen molar-refractivity contribution in [3.05, 3.63) is 47.3 Å². The second-order valence-corrected chi connectivity index (χ2v) is 3.93. The lowest BCUT2D eigenvalue weighted by atomic mass is 10.2. The first-order valence-electron chi connectivity index (χ1n) is 5.44. The Balaban J connectivity index is 2.45. The number of para-hydroxylation sites is 1. The number of aliphatic hydroxyl groups is 1. The van der Waals surface area contributed by atoms with Gasteiger partial charge < -0.3 is 5.11 Å². The fourth-order valence-corrected chi connectivity index (χ4v) is 1.85. The van der Waals surface area contributed by atoms with E-state index in [1.54, 1.807) is 0 Å². The van der Waals surface area contributed by atoms with E-state index in [4.69, 9.17) is 5.11 Å². The molecule has 0 aliphatic heterocycles. The van der Waals surface area contributed by atoms with Gasteiger partial charge in [0.2, 0.25) is 0 Å². The van der Waals surface area contributed by atoms with Gasteiger partial charge in [-0.2, -0.15) is 5.10 Å². The molecule has 3 nitrogen and oxygen atoms in total. The number of aliphatic hydroxyl groups excluding tert-OH is 1. The van der Waals surface area contributed by atoms with E-state index in [0.717, 1.165) is 16.9 Å². The number of hydrogen-bond acceptors (Lipinski definition) is 2. The molecule has 1 N–H and O–H groups in total. The number of aromatic nitrogens is 2. The van der Waals surface area contributed by atoms with Crippen LogP contribution in [0.1, 0.15) is 16.8 Å². The van der Waals surface area contributed by atoms with E-state index >= 15 is 0 Å². The average Bonchev–Trinajstić information content (AvgIpc) is 2.62. The van der Waals surface area contributed by atoms with E-state index in [9.17, 15) is 0 Å². The molecule has 0 fully saturated rings. The molecule has 0 atom stereocenters. The zero-order valence-corrected chi connectivity index (χ0v) is 9.64. The van der Waals surface area contributed by atoms with Crippen molar-refractivity contribution in [1.82, 2.24) is 9.78 Å². The summed E-state index contributed by atoms with van der Waals surface area (Å²) < 4.78 is 1.93. The molecule has 84 valence electrons. The van der Waals surface area contributed by atoms with Gasteiger partial charge in [-0.15, -0.1) is 0 Å². The summed E-state index contributed by atoms with van der Waals surface area (Å²) in [7, 11) is 0. The third-order valence-electron chi connectivity index (χ3n) is 2.84. The van der Waals surface area contributed by atoms with Crippen molar-refractivity contribution in [2.75, 3.05) is 6.61 Å². The lowest BCUT2D eigenvalue weighted by molar-refractivity contribution is 0.299. The zero-order chi connectivity index (χ0) is 11.5. The molecule has 1 aromatic carbocycles. The highest BCUT2D eigenvalue weighted by Crippen LogP contribution is 2.17. The van der Waals surface area contributed by atoms with Crippen LogP contribution in [-0.2, 0) is 6.42 Å². The van der Waals surface area contributed by atoms with Crippen molar-refractivity contribution >= 4 is 0 Å². The van der Waals surface area contributed by atoms with Crippen molar-refractivity contribution < 1.29 is 5.11 Å². The maximum Gasteiger partial charge on any atom is 0.0677 e. The molecule has 0 radical (unpaired) electrons. The first-order chi connectivity index (χ1) is 7.74. The highest BCUT2D eigenvalue weighted by Gasteiger charge is 2.08. The van der Waals surface area contributed by atoms with Crippen LogP contribution in [0, 0.1) is 13.8 Å². The predicted octanol–water partition coefficient (Wildman–Crippen LogP) is 2.02. The van der Waals surface area contributed by atoms with Crippen LogP contribution < -0.4 is 0 Å². The summed E-state index contributed by atoms with van der Waals surface area (Å²) in [5.74, 6) is 0. The van der Waals surface area contributed by atoms with Gasteiger partial charge in [0, 0.05) is 12.3 Å². The monoisotopic (exact) mass is 216 g/mol. The summed E-state index contributed by atoms with van der Waals surface area (Å²) in [6, 6.07) is 8.15. The summed E-state index contributed by atoms with van der Waals surface area (Å²) in [6.07, 6.45) is 2.50. The SMILES string of the molecule is Cc1ccccc1-n1ncc(CCO)c1C. The molecule has 0 bridgehead atoms.